The summed E-state index contributed by atoms with van der Waals surface area (Å²) >= 11 is 4.22. The molecule has 0 bridgehead atoms. The zero-order valence-corrected chi connectivity index (χ0v) is 8.71. The van der Waals surface area contributed by atoms with Gasteiger partial charge in [-0.05, 0) is 5.92 Å². The van der Waals surface area contributed by atoms with E-state index in [9.17, 15) is 4.79 Å². The molecule has 13 heavy (non-hydrogen) atoms. The molecule has 4 nitrogen and oxygen atoms in total. The highest BCUT2D eigenvalue weighted by Gasteiger charge is 2.22. The Hall–Kier alpha value is -0.840. The molecule has 3 N–H and O–H groups in total. The summed E-state index contributed by atoms with van der Waals surface area (Å²) in [5.41, 5.74) is 5.38. The molecule has 1 amide bonds. The van der Waals surface area contributed by atoms with Crippen molar-refractivity contribution in [3.05, 3.63) is 11.9 Å². The molecule has 1 heterocycles. The quantitative estimate of drug-likeness (QED) is 0.555. The fourth-order valence-electron chi connectivity index (χ4n) is 1.20. The third-order valence-electron chi connectivity index (χ3n) is 1.74. The van der Waals surface area contributed by atoms with Gasteiger partial charge in [0.1, 0.15) is 11.3 Å². The Labute approximate surface area is 83.6 Å². The summed E-state index contributed by atoms with van der Waals surface area (Å²) in [5.74, 6) is 0.784. The maximum Gasteiger partial charge on any atom is 0.249 e. The lowest BCUT2D eigenvalue weighted by Gasteiger charge is -2.34. The minimum atomic E-state index is -0.306. The average molecular weight is 201 g/mol. The molecule has 74 valence electrons. The molecule has 0 fully saturated rings. The standard InChI is InChI=1S/C8H15N3OS/c1-5(2)4-11-6(9)3-7(12)10-8(11)13/h3,5,8,13H,4,9H2,1-2H3,(H,10,12). The van der Waals surface area contributed by atoms with Crippen molar-refractivity contribution in [2.45, 2.75) is 19.3 Å². The van der Waals surface area contributed by atoms with Crippen molar-refractivity contribution in [1.29, 1.82) is 0 Å². The molecule has 0 radical (unpaired) electrons. The van der Waals surface area contributed by atoms with Crippen molar-refractivity contribution in [3.8, 4) is 0 Å². The number of hydrogen-bond acceptors (Lipinski definition) is 4. The van der Waals surface area contributed by atoms with Crippen LogP contribution in [0.1, 0.15) is 13.8 Å². The van der Waals surface area contributed by atoms with E-state index >= 15 is 0 Å². The van der Waals surface area contributed by atoms with Gasteiger partial charge >= 0.3 is 0 Å². The Kier molecular flexibility index (Phi) is 3.08. The number of thiol groups is 1. The van der Waals surface area contributed by atoms with Gasteiger partial charge in [0.05, 0.1) is 0 Å². The highest BCUT2D eigenvalue weighted by atomic mass is 32.1. The molecule has 1 unspecified atom stereocenters. The van der Waals surface area contributed by atoms with E-state index < -0.39 is 0 Å². The minimum absolute atomic E-state index is 0.183. The van der Waals surface area contributed by atoms with E-state index in [0.717, 1.165) is 6.54 Å². The molecule has 0 saturated carbocycles. The molecule has 0 spiro atoms. The topological polar surface area (TPSA) is 58.4 Å². The minimum Gasteiger partial charge on any atom is -0.385 e. The van der Waals surface area contributed by atoms with E-state index in [1.165, 1.54) is 6.08 Å². The first-order valence-electron chi connectivity index (χ1n) is 4.23. The number of carbonyl (C=O) groups excluding carboxylic acids is 1. The van der Waals surface area contributed by atoms with E-state index in [1.54, 1.807) is 0 Å². The number of nitrogens with one attached hydrogen (secondary N) is 1. The Balaban J connectivity index is 2.72. The fraction of sp³-hybridized carbons (Fsp3) is 0.625. The summed E-state index contributed by atoms with van der Waals surface area (Å²) in [6.45, 7) is 4.96. The summed E-state index contributed by atoms with van der Waals surface area (Å²) in [7, 11) is 0. The van der Waals surface area contributed by atoms with Gasteiger partial charge in [-0.2, -0.15) is 0 Å². The van der Waals surface area contributed by atoms with Crippen molar-refractivity contribution >= 4 is 18.5 Å². The second kappa shape index (κ2) is 3.91. The Morgan fingerprint density at radius 2 is 2.38 bits per heavy atom. The van der Waals surface area contributed by atoms with Crippen LogP contribution < -0.4 is 11.1 Å². The summed E-state index contributed by atoms with van der Waals surface area (Å²) in [6.07, 6.45) is 1.38. The lowest BCUT2D eigenvalue weighted by Crippen LogP contribution is -2.50. The number of nitrogens with two attached hydrogens (primary N) is 1. The van der Waals surface area contributed by atoms with Crippen LogP contribution in [0.3, 0.4) is 0 Å². The molecule has 1 aliphatic rings. The van der Waals surface area contributed by atoms with Crippen LogP contribution in [0.5, 0.6) is 0 Å². The molecule has 1 aliphatic heterocycles. The molecule has 5 heteroatoms. The van der Waals surface area contributed by atoms with Crippen LogP contribution in [0.25, 0.3) is 0 Å². The van der Waals surface area contributed by atoms with Crippen molar-refractivity contribution < 1.29 is 4.79 Å². The third kappa shape index (κ3) is 2.55. The second-order valence-corrected chi connectivity index (χ2v) is 3.99. The summed E-state index contributed by atoms with van der Waals surface area (Å²) in [6, 6.07) is 0. The number of hydrogen-bond donors (Lipinski definition) is 3. The SMILES string of the molecule is CC(C)CN1C(N)=CC(=O)NC1S. The zero-order valence-electron chi connectivity index (χ0n) is 7.82. The van der Waals surface area contributed by atoms with Gasteiger partial charge in [0.25, 0.3) is 0 Å². The first kappa shape index (κ1) is 10.2. The molecular formula is C8H15N3OS. The van der Waals surface area contributed by atoms with E-state index in [1.807, 2.05) is 4.90 Å². The van der Waals surface area contributed by atoms with Crippen LogP contribution in [-0.2, 0) is 4.79 Å². The van der Waals surface area contributed by atoms with Crippen LogP contribution >= 0.6 is 12.6 Å². The van der Waals surface area contributed by atoms with Crippen molar-refractivity contribution in [2.75, 3.05) is 6.54 Å². The first-order chi connectivity index (χ1) is 6.00. The zero-order chi connectivity index (χ0) is 10.0. The third-order valence-corrected chi connectivity index (χ3v) is 2.15. The van der Waals surface area contributed by atoms with E-state index in [4.69, 9.17) is 5.73 Å². The lowest BCUT2D eigenvalue weighted by atomic mass is 10.2. The number of amides is 1. The summed E-state index contributed by atoms with van der Waals surface area (Å²) in [5, 5.41) is 2.66. The summed E-state index contributed by atoms with van der Waals surface area (Å²) in [4.78, 5) is 12.8. The normalized spacial score (nSPS) is 23.1. The van der Waals surface area contributed by atoms with Crippen LogP contribution in [0, 0.1) is 5.92 Å². The van der Waals surface area contributed by atoms with Gasteiger partial charge in [0.2, 0.25) is 5.91 Å². The predicted molar refractivity (Wildman–Crippen MR) is 54.7 cm³/mol. The second-order valence-electron chi connectivity index (χ2n) is 3.50. The van der Waals surface area contributed by atoms with Gasteiger partial charge in [0, 0.05) is 12.6 Å². The highest BCUT2D eigenvalue weighted by Crippen LogP contribution is 2.13. The first-order valence-corrected chi connectivity index (χ1v) is 4.74. The van der Waals surface area contributed by atoms with Crippen LogP contribution in [-0.4, -0.2) is 22.8 Å². The summed E-state index contributed by atoms with van der Waals surface area (Å²) < 4.78 is 0. The molecule has 0 aliphatic carbocycles. The van der Waals surface area contributed by atoms with Gasteiger partial charge in [-0.1, -0.05) is 13.8 Å². The highest BCUT2D eigenvalue weighted by molar-refractivity contribution is 7.80. The van der Waals surface area contributed by atoms with Gasteiger partial charge in [-0.15, -0.1) is 12.6 Å². The monoisotopic (exact) mass is 201 g/mol. The molecule has 0 aromatic heterocycles. The largest absolute Gasteiger partial charge is 0.385 e. The van der Waals surface area contributed by atoms with E-state index in [-0.39, 0.29) is 11.4 Å². The van der Waals surface area contributed by atoms with E-state index in [0.29, 0.717) is 11.7 Å². The van der Waals surface area contributed by atoms with Crippen LogP contribution in [0.2, 0.25) is 0 Å². The molecule has 1 atom stereocenters. The molecular weight excluding hydrogens is 186 g/mol. The maximum absolute atomic E-state index is 11.0. The molecule has 0 aromatic carbocycles. The molecule has 1 rings (SSSR count). The smallest absolute Gasteiger partial charge is 0.249 e. The van der Waals surface area contributed by atoms with Gasteiger partial charge in [0.15, 0.2) is 0 Å². The lowest BCUT2D eigenvalue weighted by molar-refractivity contribution is -0.118. The Bertz CT molecular complexity index is 240. The van der Waals surface area contributed by atoms with Crippen LogP contribution in [0.4, 0.5) is 0 Å². The maximum atomic E-state index is 11.0. The number of carbonyl (C=O) groups is 1. The number of rotatable bonds is 2. The van der Waals surface area contributed by atoms with Crippen molar-refractivity contribution in [3.63, 3.8) is 0 Å². The van der Waals surface area contributed by atoms with Crippen LogP contribution in [0.15, 0.2) is 11.9 Å². The van der Waals surface area contributed by atoms with Gasteiger partial charge in [-0.3, -0.25) is 4.79 Å². The van der Waals surface area contributed by atoms with Gasteiger partial charge in [-0.25, -0.2) is 0 Å². The van der Waals surface area contributed by atoms with Crippen molar-refractivity contribution in [2.24, 2.45) is 11.7 Å². The number of nitrogens with zero attached hydrogens (tertiary/aromatic N) is 1. The molecule has 0 aromatic rings. The Morgan fingerprint density at radius 1 is 1.77 bits per heavy atom. The molecule has 0 saturated heterocycles. The van der Waals surface area contributed by atoms with Gasteiger partial charge < -0.3 is 16.0 Å². The van der Waals surface area contributed by atoms with Crippen molar-refractivity contribution in [1.82, 2.24) is 10.2 Å². The average Bonchev–Trinajstić information content (AvgIpc) is 1.96. The Morgan fingerprint density at radius 3 is 2.85 bits per heavy atom. The van der Waals surface area contributed by atoms with E-state index in [2.05, 4.69) is 31.8 Å². The fourth-order valence-corrected chi connectivity index (χ4v) is 1.56. The predicted octanol–water partition coefficient (Wildman–Crippen LogP) is 0.0877.